The van der Waals surface area contributed by atoms with Gasteiger partial charge < -0.3 is 19.6 Å². The van der Waals surface area contributed by atoms with Crippen LogP contribution in [0, 0.1) is 11.8 Å². The molecule has 0 aromatic rings. The van der Waals surface area contributed by atoms with E-state index < -0.39 is 33.3 Å². The van der Waals surface area contributed by atoms with Crippen LogP contribution in [0.25, 0.3) is 0 Å². The van der Waals surface area contributed by atoms with Gasteiger partial charge in [0, 0.05) is 23.9 Å². The molecule has 3 saturated heterocycles. The van der Waals surface area contributed by atoms with Gasteiger partial charge in [-0.2, -0.15) is 0 Å². The summed E-state index contributed by atoms with van der Waals surface area (Å²) in [6.07, 6.45) is 9.99. The summed E-state index contributed by atoms with van der Waals surface area (Å²) in [5, 5.41) is 9.76. The zero-order valence-electron chi connectivity index (χ0n) is 19.5. The van der Waals surface area contributed by atoms with Gasteiger partial charge in [0.05, 0.1) is 23.2 Å². The summed E-state index contributed by atoms with van der Waals surface area (Å²) in [6, 6.07) is -0.550. The van der Waals surface area contributed by atoms with E-state index in [0.717, 1.165) is 32.1 Å². The van der Waals surface area contributed by atoms with Gasteiger partial charge in [-0.15, -0.1) is 18.3 Å². The summed E-state index contributed by atoms with van der Waals surface area (Å²) in [5.41, 5.74) is 0. The minimum absolute atomic E-state index is 0.0667. The molecule has 2 unspecified atom stereocenters. The van der Waals surface area contributed by atoms with E-state index in [2.05, 4.69) is 13.2 Å². The maximum absolute atomic E-state index is 14.2. The van der Waals surface area contributed by atoms with Crippen molar-refractivity contribution in [2.75, 3.05) is 26.3 Å². The predicted molar refractivity (Wildman–Crippen MR) is 127 cm³/mol. The van der Waals surface area contributed by atoms with Gasteiger partial charge in [-0.25, -0.2) is 0 Å². The third-order valence-electron chi connectivity index (χ3n) is 8.07. The van der Waals surface area contributed by atoms with E-state index >= 15 is 0 Å². The highest BCUT2D eigenvalue weighted by atomic mass is 32.2. The molecule has 4 fully saturated rings. The molecule has 0 aromatic heterocycles. The number of esters is 1. The Morgan fingerprint density at radius 3 is 2.61 bits per heavy atom. The van der Waals surface area contributed by atoms with Gasteiger partial charge in [0.2, 0.25) is 11.8 Å². The number of β-amino-alcohol motifs (C(OH)–C–C–N with tert-alkyl or cyclic N) is 1. The van der Waals surface area contributed by atoms with Gasteiger partial charge in [0.25, 0.3) is 0 Å². The highest BCUT2D eigenvalue weighted by Crippen LogP contribution is 2.71. The molecule has 0 aromatic carbocycles. The van der Waals surface area contributed by atoms with Crippen LogP contribution in [0.4, 0.5) is 0 Å². The minimum atomic E-state index is -0.687. The third-order valence-corrected chi connectivity index (χ3v) is 10.1. The molecule has 2 amide bonds. The van der Waals surface area contributed by atoms with Crippen LogP contribution in [0.15, 0.2) is 25.3 Å². The van der Waals surface area contributed by atoms with Crippen molar-refractivity contribution in [3.8, 4) is 0 Å². The topological polar surface area (TPSA) is 87.1 Å². The van der Waals surface area contributed by atoms with E-state index in [1.807, 2.05) is 11.8 Å². The van der Waals surface area contributed by atoms with Crippen molar-refractivity contribution in [1.82, 2.24) is 9.80 Å². The SMILES string of the molecule is C=CCOC(=O)[C@H]1[C@H]2C(=O)N(CCO)C(C(=O)N(CC=C)C3CCCCC3)C23CC[C@]1(C)S3. The summed E-state index contributed by atoms with van der Waals surface area (Å²) in [7, 11) is 0. The van der Waals surface area contributed by atoms with Crippen LogP contribution in [0.2, 0.25) is 0 Å². The number of nitrogens with zero attached hydrogens (tertiary/aromatic N) is 2. The van der Waals surface area contributed by atoms with E-state index in [1.54, 1.807) is 22.7 Å². The maximum atomic E-state index is 14.2. The monoisotopic (exact) mass is 476 g/mol. The fraction of sp³-hybridized carbons (Fsp3) is 0.720. The van der Waals surface area contributed by atoms with Gasteiger partial charge in [-0.1, -0.05) is 38.0 Å². The van der Waals surface area contributed by atoms with Gasteiger partial charge in [-0.05, 0) is 32.6 Å². The molecular formula is C25H36N2O5S. The summed E-state index contributed by atoms with van der Waals surface area (Å²) < 4.78 is 4.29. The van der Waals surface area contributed by atoms with E-state index in [4.69, 9.17) is 4.74 Å². The highest BCUT2D eigenvalue weighted by molar-refractivity contribution is 8.02. The molecule has 1 spiro atoms. The lowest BCUT2D eigenvalue weighted by atomic mass is 9.66. The number of carbonyl (C=O) groups is 3. The molecule has 33 heavy (non-hydrogen) atoms. The lowest BCUT2D eigenvalue weighted by molar-refractivity contribution is -0.154. The van der Waals surface area contributed by atoms with E-state index in [9.17, 15) is 19.5 Å². The van der Waals surface area contributed by atoms with E-state index in [-0.39, 0.29) is 37.6 Å². The van der Waals surface area contributed by atoms with Crippen LogP contribution in [0.3, 0.4) is 0 Å². The molecule has 4 aliphatic rings. The quantitative estimate of drug-likeness (QED) is 0.407. The van der Waals surface area contributed by atoms with E-state index in [1.165, 1.54) is 12.5 Å². The third kappa shape index (κ3) is 3.83. The molecule has 1 N–H and O–H groups in total. The number of hydrogen-bond donors (Lipinski definition) is 1. The van der Waals surface area contributed by atoms with E-state index in [0.29, 0.717) is 13.0 Å². The predicted octanol–water partition coefficient (Wildman–Crippen LogP) is 2.54. The molecule has 1 aliphatic carbocycles. The fourth-order valence-electron chi connectivity index (χ4n) is 6.75. The summed E-state index contributed by atoms with van der Waals surface area (Å²) in [4.78, 5) is 44.5. The fourth-order valence-corrected chi connectivity index (χ4v) is 9.09. The number of aliphatic hydroxyl groups excluding tert-OH is 1. The lowest BCUT2D eigenvalue weighted by Crippen LogP contribution is -2.57. The van der Waals surface area contributed by atoms with Crippen LogP contribution in [-0.4, -0.2) is 80.6 Å². The first kappa shape index (κ1) is 24.3. The Kier molecular flexibility index (Phi) is 6.97. The van der Waals surface area contributed by atoms with Crippen molar-refractivity contribution in [2.45, 2.75) is 73.4 Å². The number of ether oxygens (including phenoxy) is 1. The second kappa shape index (κ2) is 9.45. The number of hydrogen-bond acceptors (Lipinski definition) is 6. The Morgan fingerprint density at radius 1 is 1.24 bits per heavy atom. The maximum Gasteiger partial charge on any atom is 0.311 e. The second-order valence-corrected chi connectivity index (χ2v) is 11.9. The molecule has 2 bridgehead atoms. The van der Waals surface area contributed by atoms with Gasteiger partial charge in [0.15, 0.2) is 0 Å². The smallest absolute Gasteiger partial charge is 0.311 e. The van der Waals surface area contributed by atoms with Crippen molar-refractivity contribution in [2.24, 2.45) is 11.8 Å². The van der Waals surface area contributed by atoms with Crippen LogP contribution >= 0.6 is 11.8 Å². The minimum Gasteiger partial charge on any atom is -0.461 e. The number of carbonyl (C=O) groups excluding carboxylic acids is 3. The number of likely N-dealkylation sites (tertiary alicyclic amines) is 1. The summed E-state index contributed by atoms with van der Waals surface area (Å²) in [5.74, 6) is -1.89. The van der Waals surface area contributed by atoms with Gasteiger partial charge in [-0.3, -0.25) is 14.4 Å². The van der Waals surface area contributed by atoms with Crippen LogP contribution in [-0.2, 0) is 19.1 Å². The normalized spacial score (nSPS) is 35.4. The molecule has 5 atom stereocenters. The number of amides is 2. The molecule has 3 aliphatic heterocycles. The van der Waals surface area contributed by atoms with Gasteiger partial charge >= 0.3 is 5.97 Å². The zero-order valence-corrected chi connectivity index (χ0v) is 20.4. The molecule has 8 heteroatoms. The van der Waals surface area contributed by atoms with Crippen molar-refractivity contribution >= 4 is 29.5 Å². The Morgan fingerprint density at radius 2 is 1.97 bits per heavy atom. The van der Waals surface area contributed by atoms with Crippen molar-refractivity contribution in [1.29, 1.82) is 0 Å². The molecule has 4 rings (SSSR count). The largest absolute Gasteiger partial charge is 0.461 e. The average Bonchev–Trinajstić information content (AvgIpc) is 3.37. The molecule has 3 heterocycles. The lowest BCUT2D eigenvalue weighted by Gasteiger charge is -2.41. The summed E-state index contributed by atoms with van der Waals surface area (Å²) in [6.45, 7) is 9.91. The molecule has 182 valence electrons. The van der Waals surface area contributed by atoms with Crippen LogP contribution in [0.1, 0.15) is 51.9 Å². The standard InChI is InChI=1S/C25H36N2O5S/c1-4-13-26(17-9-7-6-8-10-17)22(30)20-25-12-11-24(3,33-25)19(23(31)32-16-5-2)18(25)21(29)27(20)14-15-28/h4-5,17-20,28H,1-2,6-16H2,3H3/t18-,19+,20?,24-,25?/m0/s1. The Labute approximate surface area is 200 Å². The van der Waals surface area contributed by atoms with Crippen molar-refractivity contribution in [3.63, 3.8) is 0 Å². The Balaban J connectivity index is 1.72. The first-order chi connectivity index (χ1) is 15.8. The first-order valence-corrected chi connectivity index (χ1v) is 13.0. The molecule has 0 radical (unpaired) electrons. The van der Waals surface area contributed by atoms with Crippen LogP contribution in [0.5, 0.6) is 0 Å². The Bertz CT molecular complexity index is 828. The van der Waals surface area contributed by atoms with Crippen molar-refractivity contribution < 1.29 is 24.2 Å². The van der Waals surface area contributed by atoms with Crippen LogP contribution < -0.4 is 0 Å². The zero-order chi connectivity index (χ0) is 23.8. The number of rotatable bonds is 9. The highest BCUT2D eigenvalue weighted by Gasteiger charge is 2.77. The number of fused-ring (bicyclic) bond motifs is 1. The van der Waals surface area contributed by atoms with Gasteiger partial charge in [0.1, 0.15) is 12.6 Å². The average molecular weight is 477 g/mol. The Hall–Kier alpha value is -1.80. The number of aliphatic hydroxyl groups is 1. The molecule has 1 saturated carbocycles. The summed E-state index contributed by atoms with van der Waals surface area (Å²) >= 11 is 1.63. The first-order valence-electron chi connectivity index (χ1n) is 12.1. The molecular weight excluding hydrogens is 440 g/mol. The molecule has 7 nitrogen and oxygen atoms in total. The second-order valence-electron chi connectivity index (χ2n) is 9.97. The number of thioether (sulfide) groups is 1. The van der Waals surface area contributed by atoms with Crippen molar-refractivity contribution in [3.05, 3.63) is 25.3 Å².